The van der Waals surface area contributed by atoms with Gasteiger partial charge in [0.1, 0.15) is 0 Å². The van der Waals surface area contributed by atoms with E-state index >= 15 is 0 Å². The first-order chi connectivity index (χ1) is 5.27. The van der Waals surface area contributed by atoms with Gasteiger partial charge in [-0.25, -0.2) is 0 Å². The predicted molar refractivity (Wildman–Crippen MR) is 53.1 cm³/mol. The molecule has 0 aliphatic carbocycles. The molecule has 0 saturated heterocycles. The number of rotatable bonds is 2. The number of hydrogen-bond acceptors (Lipinski definition) is 0. The molecule has 0 atom stereocenters. The van der Waals surface area contributed by atoms with Crippen molar-refractivity contribution in [2.45, 2.75) is 19.2 Å². The zero-order valence-corrected chi connectivity index (χ0v) is 8.74. The van der Waals surface area contributed by atoms with E-state index < -0.39 is 0 Å². The van der Waals surface area contributed by atoms with Crippen LogP contribution < -0.4 is 0 Å². The number of benzene rings is 1. The molecule has 0 aliphatic heterocycles. The normalized spacial score (nSPS) is 10.1. The number of hydrogen-bond donors (Lipinski definition) is 0. The van der Waals surface area contributed by atoms with E-state index in [2.05, 4.69) is 41.1 Å². The molecule has 60 valence electrons. The van der Waals surface area contributed by atoms with Crippen LogP contribution in [0.2, 0.25) is 0 Å². The zero-order valence-electron chi connectivity index (χ0n) is 6.40. The van der Waals surface area contributed by atoms with Gasteiger partial charge in [0.15, 0.2) is 0 Å². The maximum atomic E-state index is 5.73. The van der Waals surface area contributed by atoms with Crippen molar-refractivity contribution in [1.29, 1.82) is 0 Å². The van der Waals surface area contributed by atoms with Gasteiger partial charge in [0, 0.05) is 10.4 Å². The van der Waals surface area contributed by atoms with Gasteiger partial charge in [0.2, 0.25) is 0 Å². The first-order valence-corrected chi connectivity index (χ1v) is 4.94. The van der Waals surface area contributed by atoms with E-state index in [4.69, 9.17) is 11.6 Å². The van der Waals surface area contributed by atoms with E-state index in [0.717, 1.165) is 10.9 Å². The molecule has 11 heavy (non-hydrogen) atoms. The Morgan fingerprint density at radius 3 is 2.73 bits per heavy atom. The van der Waals surface area contributed by atoms with Crippen LogP contribution in [-0.4, -0.2) is 0 Å². The van der Waals surface area contributed by atoms with Crippen LogP contribution in [0.3, 0.4) is 0 Å². The van der Waals surface area contributed by atoms with Gasteiger partial charge in [0.25, 0.3) is 0 Å². The minimum Gasteiger partial charge on any atom is -0.122 e. The SMILES string of the molecule is CCc1ccc(Br)c(CCl)c1. The summed E-state index contributed by atoms with van der Waals surface area (Å²) in [7, 11) is 0. The average Bonchev–Trinajstić information content (AvgIpc) is 2.05. The van der Waals surface area contributed by atoms with Crippen molar-refractivity contribution in [2.24, 2.45) is 0 Å². The summed E-state index contributed by atoms with van der Waals surface area (Å²) in [6, 6.07) is 6.30. The van der Waals surface area contributed by atoms with Crippen molar-refractivity contribution in [1.82, 2.24) is 0 Å². The molecule has 1 aromatic carbocycles. The van der Waals surface area contributed by atoms with Crippen molar-refractivity contribution < 1.29 is 0 Å². The van der Waals surface area contributed by atoms with Crippen molar-refractivity contribution in [2.75, 3.05) is 0 Å². The molecule has 0 N–H and O–H groups in total. The second-order valence-electron chi connectivity index (χ2n) is 2.41. The molecule has 0 bridgehead atoms. The third-order valence-corrected chi connectivity index (χ3v) is 2.72. The lowest BCUT2D eigenvalue weighted by Gasteiger charge is -2.02. The quantitative estimate of drug-likeness (QED) is 0.683. The van der Waals surface area contributed by atoms with Crippen LogP contribution in [0, 0.1) is 0 Å². The molecule has 0 aliphatic rings. The standard InChI is InChI=1S/C9H10BrCl/c1-2-7-3-4-9(10)8(5-7)6-11/h3-5H,2,6H2,1H3. The smallest absolute Gasteiger partial charge is 0.0485 e. The Labute approximate surface area is 80.7 Å². The van der Waals surface area contributed by atoms with Crippen LogP contribution in [0.1, 0.15) is 18.1 Å². The molecule has 1 rings (SSSR count). The van der Waals surface area contributed by atoms with E-state index in [-0.39, 0.29) is 0 Å². The fourth-order valence-electron chi connectivity index (χ4n) is 0.950. The van der Waals surface area contributed by atoms with Gasteiger partial charge in [-0.1, -0.05) is 35.0 Å². The van der Waals surface area contributed by atoms with Crippen LogP contribution in [-0.2, 0) is 12.3 Å². The number of alkyl halides is 1. The molecular weight excluding hydrogens is 223 g/mol. The molecule has 0 unspecified atom stereocenters. The summed E-state index contributed by atoms with van der Waals surface area (Å²) in [6.45, 7) is 2.14. The van der Waals surface area contributed by atoms with E-state index in [9.17, 15) is 0 Å². The average molecular weight is 234 g/mol. The van der Waals surface area contributed by atoms with Crippen LogP contribution in [0.5, 0.6) is 0 Å². The largest absolute Gasteiger partial charge is 0.122 e. The molecule has 0 fully saturated rings. The summed E-state index contributed by atoms with van der Waals surface area (Å²) in [4.78, 5) is 0. The Morgan fingerprint density at radius 2 is 2.18 bits per heavy atom. The third-order valence-electron chi connectivity index (χ3n) is 1.66. The summed E-state index contributed by atoms with van der Waals surface area (Å²) < 4.78 is 1.10. The van der Waals surface area contributed by atoms with Gasteiger partial charge in [-0.2, -0.15) is 0 Å². The van der Waals surface area contributed by atoms with Crippen LogP contribution in [0.4, 0.5) is 0 Å². The Kier molecular flexibility index (Phi) is 3.41. The van der Waals surface area contributed by atoms with Gasteiger partial charge in [0.05, 0.1) is 0 Å². The molecular formula is C9H10BrCl. The summed E-state index contributed by atoms with van der Waals surface area (Å²) in [5, 5.41) is 0. The molecule has 0 nitrogen and oxygen atoms in total. The Bertz CT molecular complexity index is 245. The topological polar surface area (TPSA) is 0 Å². The Hall–Kier alpha value is -0.0100. The monoisotopic (exact) mass is 232 g/mol. The summed E-state index contributed by atoms with van der Waals surface area (Å²) in [5.41, 5.74) is 2.51. The lowest BCUT2D eigenvalue weighted by atomic mass is 10.1. The van der Waals surface area contributed by atoms with E-state index in [1.165, 1.54) is 11.1 Å². The Balaban J connectivity index is 3.02. The highest BCUT2D eigenvalue weighted by atomic mass is 79.9. The van der Waals surface area contributed by atoms with Crippen LogP contribution in [0.15, 0.2) is 22.7 Å². The maximum Gasteiger partial charge on any atom is 0.0485 e. The van der Waals surface area contributed by atoms with Crippen molar-refractivity contribution >= 4 is 27.5 Å². The van der Waals surface area contributed by atoms with Gasteiger partial charge in [-0.15, -0.1) is 11.6 Å². The number of halogens is 2. The fraction of sp³-hybridized carbons (Fsp3) is 0.333. The van der Waals surface area contributed by atoms with E-state index in [1.807, 2.05) is 0 Å². The van der Waals surface area contributed by atoms with E-state index in [1.54, 1.807) is 0 Å². The molecule has 0 saturated carbocycles. The minimum atomic E-state index is 0.578. The van der Waals surface area contributed by atoms with Crippen molar-refractivity contribution in [3.05, 3.63) is 33.8 Å². The van der Waals surface area contributed by atoms with Gasteiger partial charge >= 0.3 is 0 Å². The first kappa shape index (κ1) is 9.08. The van der Waals surface area contributed by atoms with E-state index in [0.29, 0.717) is 5.88 Å². The molecule has 2 heteroatoms. The highest BCUT2D eigenvalue weighted by Crippen LogP contribution is 2.20. The molecule has 0 amide bonds. The third kappa shape index (κ3) is 2.21. The summed E-state index contributed by atoms with van der Waals surface area (Å²) >= 11 is 9.17. The van der Waals surface area contributed by atoms with Crippen LogP contribution >= 0.6 is 27.5 Å². The van der Waals surface area contributed by atoms with Gasteiger partial charge in [-0.3, -0.25) is 0 Å². The molecule has 0 spiro atoms. The highest BCUT2D eigenvalue weighted by Gasteiger charge is 1.98. The lowest BCUT2D eigenvalue weighted by molar-refractivity contribution is 1.12. The number of aryl methyl sites for hydroxylation is 1. The zero-order chi connectivity index (χ0) is 8.27. The minimum absolute atomic E-state index is 0.578. The summed E-state index contributed by atoms with van der Waals surface area (Å²) in [5.74, 6) is 0.578. The fourth-order valence-corrected chi connectivity index (χ4v) is 1.72. The maximum absolute atomic E-state index is 5.73. The Morgan fingerprint density at radius 1 is 1.45 bits per heavy atom. The van der Waals surface area contributed by atoms with Crippen LogP contribution in [0.25, 0.3) is 0 Å². The molecule has 0 heterocycles. The van der Waals surface area contributed by atoms with Gasteiger partial charge < -0.3 is 0 Å². The first-order valence-electron chi connectivity index (χ1n) is 3.61. The molecule has 1 aromatic rings. The van der Waals surface area contributed by atoms with Crippen molar-refractivity contribution in [3.63, 3.8) is 0 Å². The van der Waals surface area contributed by atoms with Gasteiger partial charge in [-0.05, 0) is 23.6 Å². The second-order valence-corrected chi connectivity index (χ2v) is 3.53. The molecule has 0 aromatic heterocycles. The second kappa shape index (κ2) is 4.13. The van der Waals surface area contributed by atoms with Crippen molar-refractivity contribution in [3.8, 4) is 0 Å². The molecule has 0 radical (unpaired) electrons. The predicted octanol–water partition coefficient (Wildman–Crippen LogP) is 3.75. The highest BCUT2D eigenvalue weighted by molar-refractivity contribution is 9.10. The summed E-state index contributed by atoms with van der Waals surface area (Å²) in [6.07, 6.45) is 1.07. The lowest BCUT2D eigenvalue weighted by Crippen LogP contribution is -1.85.